The number of phosphoric acid groups is 1. The van der Waals surface area contributed by atoms with Gasteiger partial charge in [0, 0.05) is 22.4 Å². The first kappa shape index (κ1) is 19.5. The average molecular weight is 345 g/mol. The van der Waals surface area contributed by atoms with E-state index >= 15 is 0 Å². The minimum atomic E-state index is -5.25. The van der Waals surface area contributed by atoms with Gasteiger partial charge in [-0.3, -0.25) is 4.57 Å². The molecule has 0 aliphatic rings. The van der Waals surface area contributed by atoms with E-state index in [1.165, 1.54) is 0 Å². The van der Waals surface area contributed by atoms with Gasteiger partial charge in [-0.2, -0.15) is 0 Å². The average Bonchev–Trinajstić information content (AvgIpc) is 1.53. The van der Waals surface area contributed by atoms with Gasteiger partial charge in [0.2, 0.25) is 0 Å². The Balaban J connectivity index is -0.000000500. The predicted molar refractivity (Wildman–Crippen MR) is 31.7 cm³/mol. The van der Waals surface area contributed by atoms with Crippen LogP contribution in [0.25, 0.3) is 0 Å². The number of hydrogen-bond donors (Lipinski definition) is 0. The van der Waals surface area contributed by atoms with Crippen molar-refractivity contribution in [3.05, 3.63) is 0 Å². The Morgan fingerprint density at radius 3 is 1.46 bits per heavy atom. The summed E-state index contributed by atoms with van der Waals surface area (Å²) >= 11 is 0. The summed E-state index contributed by atoms with van der Waals surface area (Å²) < 4.78 is 35.4. The molecule has 0 aromatic rings. The molecule has 8 nitrogen and oxygen atoms in total. The van der Waals surface area contributed by atoms with Crippen LogP contribution in [0.5, 0.6) is 0 Å². The minimum Gasteiger partial charge on any atom is -0.750 e. The molecule has 0 bridgehead atoms. The van der Waals surface area contributed by atoms with Gasteiger partial charge in [0.1, 0.15) is 0 Å². The van der Waals surface area contributed by atoms with Crippen molar-refractivity contribution in [1.82, 2.24) is 0 Å². The van der Waals surface area contributed by atoms with Gasteiger partial charge >= 0.3 is 24.3 Å². The second kappa shape index (κ2) is 8.29. The SMILES string of the molecule is C.O=[P+]([O-])OP(=O)([O-])O[P+](=O)[O-].[Ag]. The van der Waals surface area contributed by atoms with Gasteiger partial charge < -0.3 is 14.7 Å². The molecule has 2 atom stereocenters. The third-order valence-electron chi connectivity index (χ3n) is 0.333. The van der Waals surface area contributed by atoms with Crippen molar-refractivity contribution < 1.29 is 59.4 Å². The molecule has 0 saturated carbocycles. The molecule has 0 N–H and O–H groups in total. The van der Waals surface area contributed by atoms with E-state index in [2.05, 4.69) is 8.62 Å². The zero-order chi connectivity index (χ0) is 9.07. The summed E-state index contributed by atoms with van der Waals surface area (Å²) in [6, 6.07) is 0. The molecule has 0 fully saturated rings. The fourth-order valence-electron chi connectivity index (χ4n) is 0.178. The van der Waals surface area contributed by atoms with Crippen LogP contribution in [0.15, 0.2) is 0 Å². The van der Waals surface area contributed by atoms with E-state index in [1.54, 1.807) is 0 Å². The molecular weight excluding hydrogens is 341 g/mol. The molecule has 12 heteroatoms. The molecular formula is CH4AgO8P3-. The molecule has 0 aliphatic heterocycles. The maximum atomic E-state index is 10.1. The van der Waals surface area contributed by atoms with Gasteiger partial charge in [-0.15, -0.1) is 0 Å². The van der Waals surface area contributed by atoms with Gasteiger partial charge in [0.05, 0.1) is 0 Å². The topological polar surface area (TPSA) is 139 Å². The van der Waals surface area contributed by atoms with E-state index in [-0.39, 0.29) is 29.8 Å². The molecule has 0 saturated heterocycles. The largest absolute Gasteiger partial charge is 0.750 e. The Kier molecular flexibility index (Phi) is 12.5. The van der Waals surface area contributed by atoms with Crippen LogP contribution in [0.3, 0.4) is 0 Å². The summed E-state index contributed by atoms with van der Waals surface area (Å²) in [7, 11) is -12.6. The maximum Gasteiger partial charge on any atom is 0.496 e. The van der Waals surface area contributed by atoms with Crippen molar-refractivity contribution in [1.29, 1.82) is 0 Å². The molecule has 0 rings (SSSR count). The Morgan fingerprint density at radius 1 is 1.08 bits per heavy atom. The van der Waals surface area contributed by atoms with Gasteiger partial charge in [-0.1, -0.05) is 16.0 Å². The minimum absolute atomic E-state index is 0. The zero-order valence-corrected chi connectivity index (χ0v) is 9.07. The molecule has 0 spiro atoms. The molecule has 0 aromatic heterocycles. The van der Waals surface area contributed by atoms with Crippen molar-refractivity contribution >= 4 is 24.3 Å². The van der Waals surface area contributed by atoms with Crippen LogP contribution >= 0.6 is 24.3 Å². The van der Waals surface area contributed by atoms with E-state index in [0.717, 1.165) is 0 Å². The van der Waals surface area contributed by atoms with Crippen LogP contribution in [0.2, 0.25) is 0 Å². The third kappa shape index (κ3) is 13.0. The van der Waals surface area contributed by atoms with Gasteiger partial charge in [-0.25, -0.2) is 0 Å². The zero-order valence-electron chi connectivity index (χ0n) is 4.91. The summed E-state index contributed by atoms with van der Waals surface area (Å²) in [6.45, 7) is 0. The number of rotatable bonds is 4. The van der Waals surface area contributed by atoms with E-state index in [4.69, 9.17) is 0 Å². The molecule has 1 radical (unpaired) electrons. The molecule has 13 heavy (non-hydrogen) atoms. The third-order valence-corrected chi connectivity index (χ3v) is 3.00. The molecule has 0 amide bonds. The normalized spacial score (nSPS) is 15.9. The van der Waals surface area contributed by atoms with Gasteiger partial charge in [-0.05, 0) is 9.13 Å². The molecule has 0 aromatic carbocycles. The van der Waals surface area contributed by atoms with Crippen molar-refractivity contribution in [2.75, 3.05) is 0 Å². The smallest absolute Gasteiger partial charge is 0.496 e. The van der Waals surface area contributed by atoms with E-state index in [1.807, 2.05) is 0 Å². The van der Waals surface area contributed by atoms with E-state index in [9.17, 15) is 28.4 Å². The first-order valence-corrected chi connectivity index (χ1v) is 5.48. The Bertz CT molecular complexity index is 205. The van der Waals surface area contributed by atoms with Crippen molar-refractivity contribution in [2.24, 2.45) is 0 Å². The van der Waals surface area contributed by atoms with Crippen LogP contribution in [0, 0.1) is 0 Å². The molecule has 0 aliphatic carbocycles. The summed E-state index contributed by atoms with van der Waals surface area (Å²) in [5, 5.41) is 0. The van der Waals surface area contributed by atoms with Crippen LogP contribution in [-0.4, -0.2) is 0 Å². The molecule has 2 unspecified atom stereocenters. The van der Waals surface area contributed by atoms with Crippen LogP contribution < -0.4 is 14.7 Å². The second-order valence-corrected chi connectivity index (χ2v) is 4.15. The van der Waals surface area contributed by atoms with Crippen LogP contribution in [-0.2, 0) is 44.7 Å². The second-order valence-electron chi connectivity index (χ2n) is 1.06. The monoisotopic (exact) mass is 344 g/mol. The Labute approximate surface area is 91.3 Å². The summed E-state index contributed by atoms with van der Waals surface area (Å²) in [6.07, 6.45) is 0. The van der Waals surface area contributed by atoms with Gasteiger partial charge in [0.15, 0.2) is 0 Å². The quantitative estimate of drug-likeness (QED) is 0.475. The molecule has 0 heterocycles. The first-order valence-electron chi connectivity index (χ1n) is 1.83. The maximum absolute atomic E-state index is 10.1. The Morgan fingerprint density at radius 2 is 1.31 bits per heavy atom. The fourth-order valence-corrected chi connectivity index (χ4v) is 1.87. The predicted octanol–water partition coefficient (Wildman–Crippen LogP) is -0.843. The summed E-state index contributed by atoms with van der Waals surface area (Å²) in [4.78, 5) is 29.2. The van der Waals surface area contributed by atoms with E-state index in [0.29, 0.717) is 0 Å². The fraction of sp³-hybridized carbons (Fsp3) is 1.00. The first-order chi connectivity index (χ1) is 4.83. The van der Waals surface area contributed by atoms with Gasteiger partial charge in [0.25, 0.3) is 0 Å². The van der Waals surface area contributed by atoms with Crippen LogP contribution in [0.4, 0.5) is 0 Å². The Hall–Kier alpha value is 0.970. The number of hydrogen-bond acceptors (Lipinski definition) is 8. The van der Waals surface area contributed by atoms with E-state index < -0.39 is 24.3 Å². The summed E-state index contributed by atoms with van der Waals surface area (Å²) in [5.74, 6) is 0. The van der Waals surface area contributed by atoms with Crippen molar-refractivity contribution in [3.63, 3.8) is 0 Å². The summed E-state index contributed by atoms with van der Waals surface area (Å²) in [5.41, 5.74) is 0. The standard InChI is InChI=1S/CH4.Ag.HO8P3/c;;1-9(2)7-11(5,6)8-10(3)4/h1H4;;(H,5,6)/p-1. The van der Waals surface area contributed by atoms with Crippen molar-refractivity contribution in [2.45, 2.75) is 7.43 Å². The van der Waals surface area contributed by atoms with Crippen molar-refractivity contribution in [3.8, 4) is 0 Å². The molecule has 83 valence electrons. The van der Waals surface area contributed by atoms with Crippen LogP contribution in [0.1, 0.15) is 7.43 Å².